The number of nitrogens with zero attached hydrogens (tertiary/aromatic N) is 1. The van der Waals surface area contributed by atoms with Crippen molar-refractivity contribution in [1.29, 1.82) is 0 Å². The van der Waals surface area contributed by atoms with Gasteiger partial charge >= 0.3 is 0 Å². The zero-order valence-electron chi connectivity index (χ0n) is 12.1. The highest BCUT2D eigenvalue weighted by molar-refractivity contribution is 7.91. The SMILES string of the molecule is Cc1cc(C)nc(NS(=O)(=O)Cc2cccc(CN)c2)c1. The molecule has 2 aromatic rings. The molecule has 2 rings (SSSR count). The van der Waals surface area contributed by atoms with Gasteiger partial charge < -0.3 is 5.73 Å². The van der Waals surface area contributed by atoms with Gasteiger partial charge in [0.2, 0.25) is 10.0 Å². The van der Waals surface area contributed by atoms with Crippen LogP contribution in [0.1, 0.15) is 22.4 Å². The largest absolute Gasteiger partial charge is 0.326 e. The normalized spacial score (nSPS) is 11.4. The molecule has 0 aliphatic rings. The molecule has 0 unspecified atom stereocenters. The van der Waals surface area contributed by atoms with Gasteiger partial charge in [-0.1, -0.05) is 24.3 Å². The number of hydrogen-bond donors (Lipinski definition) is 2. The summed E-state index contributed by atoms with van der Waals surface area (Å²) in [6.07, 6.45) is 0. The standard InChI is InChI=1S/C15H19N3O2S/c1-11-6-12(2)17-15(7-11)18-21(19,20)10-14-5-3-4-13(8-14)9-16/h3-8H,9-10,16H2,1-2H3,(H,17,18). The molecule has 3 N–H and O–H groups in total. The van der Waals surface area contributed by atoms with E-state index in [1.807, 2.05) is 32.0 Å². The lowest BCUT2D eigenvalue weighted by molar-refractivity contribution is 0.600. The van der Waals surface area contributed by atoms with Crippen molar-refractivity contribution < 1.29 is 8.42 Å². The lowest BCUT2D eigenvalue weighted by Crippen LogP contribution is -2.16. The molecule has 5 nitrogen and oxygen atoms in total. The maximum atomic E-state index is 12.2. The molecule has 0 aliphatic carbocycles. The Bertz CT molecular complexity index is 722. The highest BCUT2D eigenvalue weighted by Crippen LogP contribution is 2.14. The fraction of sp³-hybridized carbons (Fsp3) is 0.267. The molecule has 0 aliphatic heterocycles. The summed E-state index contributed by atoms with van der Waals surface area (Å²) in [5.41, 5.74) is 8.92. The maximum absolute atomic E-state index is 12.2. The van der Waals surface area contributed by atoms with E-state index in [0.29, 0.717) is 17.9 Å². The van der Waals surface area contributed by atoms with Crippen LogP contribution in [0.3, 0.4) is 0 Å². The second-order valence-corrected chi connectivity index (χ2v) is 6.78. The lowest BCUT2D eigenvalue weighted by Gasteiger charge is -2.09. The molecule has 0 saturated heterocycles. The summed E-state index contributed by atoms with van der Waals surface area (Å²) < 4.78 is 26.9. The summed E-state index contributed by atoms with van der Waals surface area (Å²) in [6.45, 7) is 4.12. The Labute approximate surface area is 125 Å². The van der Waals surface area contributed by atoms with Crippen molar-refractivity contribution in [1.82, 2.24) is 4.98 Å². The van der Waals surface area contributed by atoms with Crippen molar-refractivity contribution in [3.8, 4) is 0 Å². The van der Waals surface area contributed by atoms with Crippen molar-refractivity contribution in [3.63, 3.8) is 0 Å². The number of nitrogens with one attached hydrogen (secondary N) is 1. The number of sulfonamides is 1. The fourth-order valence-corrected chi connectivity index (χ4v) is 3.27. The van der Waals surface area contributed by atoms with Crippen LogP contribution < -0.4 is 10.5 Å². The maximum Gasteiger partial charge on any atom is 0.238 e. The summed E-state index contributed by atoms with van der Waals surface area (Å²) >= 11 is 0. The minimum atomic E-state index is -3.50. The van der Waals surface area contributed by atoms with Gasteiger partial charge in [0.1, 0.15) is 5.82 Å². The number of aromatic nitrogens is 1. The predicted molar refractivity (Wildman–Crippen MR) is 84.3 cm³/mol. The Kier molecular flexibility index (Phi) is 4.59. The van der Waals surface area contributed by atoms with E-state index < -0.39 is 10.0 Å². The Morgan fingerprint density at radius 1 is 1.14 bits per heavy atom. The zero-order valence-corrected chi connectivity index (χ0v) is 12.9. The minimum Gasteiger partial charge on any atom is -0.326 e. The summed E-state index contributed by atoms with van der Waals surface area (Å²) in [5.74, 6) is 0.248. The van der Waals surface area contributed by atoms with Gasteiger partial charge in [0.25, 0.3) is 0 Å². The number of nitrogens with two attached hydrogens (primary N) is 1. The summed E-state index contributed by atoms with van der Waals surface area (Å²) in [4.78, 5) is 4.18. The van der Waals surface area contributed by atoms with E-state index in [1.165, 1.54) is 0 Å². The van der Waals surface area contributed by atoms with Crippen molar-refractivity contribution in [2.75, 3.05) is 4.72 Å². The fourth-order valence-electron chi connectivity index (χ4n) is 2.15. The van der Waals surface area contributed by atoms with E-state index in [-0.39, 0.29) is 5.75 Å². The first kappa shape index (κ1) is 15.5. The average Bonchev–Trinajstić information content (AvgIpc) is 2.36. The van der Waals surface area contributed by atoms with Gasteiger partial charge in [-0.05, 0) is 42.7 Å². The Balaban J connectivity index is 2.18. The van der Waals surface area contributed by atoms with Crippen LogP contribution in [-0.4, -0.2) is 13.4 Å². The molecule has 0 amide bonds. The van der Waals surface area contributed by atoms with Crippen LogP contribution in [0.4, 0.5) is 5.82 Å². The number of aryl methyl sites for hydroxylation is 2. The molecule has 0 radical (unpaired) electrons. The molecule has 1 aromatic heterocycles. The molecule has 6 heteroatoms. The van der Waals surface area contributed by atoms with Crippen LogP contribution in [-0.2, 0) is 22.3 Å². The van der Waals surface area contributed by atoms with E-state index in [1.54, 1.807) is 18.2 Å². The van der Waals surface area contributed by atoms with Crippen molar-refractivity contribution in [3.05, 3.63) is 58.8 Å². The third kappa shape index (κ3) is 4.54. The van der Waals surface area contributed by atoms with Crippen LogP contribution in [0, 0.1) is 13.8 Å². The van der Waals surface area contributed by atoms with Gasteiger partial charge in [0.05, 0.1) is 5.75 Å². The molecule has 112 valence electrons. The summed E-state index contributed by atoms with van der Waals surface area (Å²) in [6, 6.07) is 10.8. The molecule has 0 fully saturated rings. The molecule has 1 aromatic carbocycles. The van der Waals surface area contributed by atoms with E-state index in [9.17, 15) is 8.42 Å². The molecular formula is C15H19N3O2S. The molecule has 21 heavy (non-hydrogen) atoms. The second-order valence-electron chi connectivity index (χ2n) is 5.06. The molecular weight excluding hydrogens is 286 g/mol. The third-order valence-corrected chi connectivity index (χ3v) is 4.18. The quantitative estimate of drug-likeness (QED) is 0.886. The van der Waals surface area contributed by atoms with Crippen LogP contribution in [0.5, 0.6) is 0 Å². The molecule has 1 heterocycles. The Morgan fingerprint density at radius 2 is 1.86 bits per heavy atom. The average molecular weight is 305 g/mol. The predicted octanol–water partition coefficient (Wildman–Crippen LogP) is 2.10. The number of anilines is 1. The summed E-state index contributed by atoms with van der Waals surface area (Å²) in [5, 5.41) is 0. The Morgan fingerprint density at radius 3 is 2.52 bits per heavy atom. The van der Waals surface area contributed by atoms with Crippen LogP contribution in [0.15, 0.2) is 36.4 Å². The zero-order chi connectivity index (χ0) is 15.5. The van der Waals surface area contributed by atoms with Gasteiger partial charge in [-0.3, -0.25) is 4.72 Å². The first-order chi connectivity index (χ1) is 9.88. The first-order valence-corrected chi connectivity index (χ1v) is 8.27. The molecule has 0 saturated carbocycles. The van der Waals surface area contributed by atoms with E-state index in [0.717, 1.165) is 16.8 Å². The third-order valence-electron chi connectivity index (χ3n) is 2.94. The van der Waals surface area contributed by atoms with Crippen molar-refractivity contribution in [2.45, 2.75) is 26.1 Å². The monoisotopic (exact) mass is 305 g/mol. The van der Waals surface area contributed by atoms with Crippen LogP contribution in [0.2, 0.25) is 0 Å². The lowest BCUT2D eigenvalue weighted by atomic mass is 10.1. The van der Waals surface area contributed by atoms with Gasteiger partial charge in [-0.25, -0.2) is 13.4 Å². The van der Waals surface area contributed by atoms with Crippen molar-refractivity contribution in [2.24, 2.45) is 5.73 Å². The van der Waals surface area contributed by atoms with Gasteiger partial charge in [-0.15, -0.1) is 0 Å². The Hall–Kier alpha value is -1.92. The number of benzene rings is 1. The van der Waals surface area contributed by atoms with Crippen LogP contribution in [0.25, 0.3) is 0 Å². The molecule has 0 spiro atoms. The molecule has 0 atom stereocenters. The highest BCUT2D eigenvalue weighted by atomic mass is 32.2. The van der Waals surface area contributed by atoms with Gasteiger partial charge in [0, 0.05) is 12.2 Å². The number of pyridine rings is 1. The van der Waals surface area contributed by atoms with Crippen molar-refractivity contribution >= 4 is 15.8 Å². The van der Waals surface area contributed by atoms with E-state index in [4.69, 9.17) is 5.73 Å². The van der Waals surface area contributed by atoms with E-state index >= 15 is 0 Å². The smallest absolute Gasteiger partial charge is 0.238 e. The van der Waals surface area contributed by atoms with Crippen LogP contribution >= 0.6 is 0 Å². The summed E-state index contributed by atoms with van der Waals surface area (Å²) in [7, 11) is -3.50. The first-order valence-electron chi connectivity index (χ1n) is 6.61. The highest BCUT2D eigenvalue weighted by Gasteiger charge is 2.13. The second kappa shape index (κ2) is 6.24. The van der Waals surface area contributed by atoms with Gasteiger partial charge in [0.15, 0.2) is 0 Å². The van der Waals surface area contributed by atoms with Gasteiger partial charge in [-0.2, -0.15) is 0 Å². The number of hydrogen-bond acceptors (Lipinski definition) is 4. The molecule has 0 bridgehead atoms. The van der Waals surface area contributed by atoms with E-state index in [2.05, 4.69) is 9.71 Å². The minimum absolute atomic E-state index is 0.102. The topological polar surface area (TPSA) is 85.1 Å². The number of rotatable bonds is 5.